The second-order valence-corrected chi connectivity index (χ2v) is 9.96. The molecule has 0 saturated carbocycles. The number of imidazole rings is 1. The van der Waals surface area contributed by atoms with Crippen LogP contribution in [0.1, 0.15) is 11.4 Å². The van der Waals surface area contributed by atoms with Gasteiger partial charge >= 0.3 is 0 Å². The average Bonchev–Trinajstić information content (AvgIpc) is 3.28. The van der Waals surface area contributed by atoms with Crippen LogP contribution in [0.3, 0.4) is 0 Å². The Morgan fingerprint density at radius 1 is 0.829 bits per heavy atom. The van der Waals surface area contributed by atoms with Crippen molar-refractivity contribution in [3.8, 4) is 17.1 Å². The first kappa shape index (κ1) is 23.2. The molecule has 0 radical (unpaired) electrons. The van der Waals surface area contributed by atoms with Crippen LogP contribution >= 0.6 is 11.6 Å². The summed E-state index contributed by atoms with van der Waals surface area (Å²) < 4.78 is 31.1. The van der Waals surface area contributed by atoms with Crippen LogP contribution in [-0.4, -0.2) is 23.0 Å². The Hall–Kier alpha value is -3.56. The first-order valence-electron chi connectivity index (χ1n) is 10.8. The third-order valence-electron chi connectivity index (χ3n) is 5.46. The molecule has 0 atom stereocenters. The Balaban J connectivity index is 1.41. The van der Waals surface area contributed by atoms with Gasteiger partial charge in [-0.1, -0.05) is 35.9 Å². The molecule has 5 rings (SSSR count). The SMILES string of the molecule is NS(=O)(=O)c1ccc(-c2nc(COCc3ccc4ccccc4n3)cn2-c2ccc(Cl)cc2)cc1. The van der Waals surface area contributed by atoms with Crippen molar-refractivity contribution in [1.29, 1.82) is 0 Å². The smallest absolute Gasteiger partial charge is 0.238 e. The number of aromatic nitrogens is 3. The maximum absolute atomic E-state index is 11.6. The van der Waals surface area contributed by atoms with E-state index in [1.54, 1.807) is 24.3 Å². The lowest BCUT2D eigenvalue weighted by molar-refractivity contribution is 0.102. The van der Waals surface area contributed by atoms with Gasteiger partial charge in [0.25, 0.3) is 0 Å². The predicted molar refractivity (Wildman–Crippen MR) is 136 cm³/mol. The summed E-state index contributed by atoms with van der Waals surface area (Å²) in [6.45, 7) is 0.619. The number of nitrogens with zero attached hydrogens (tertiary/aromatic N) is 3. The minimum atomic E-state index is -3.78. The highest BCUT2D eigenvalue weighted by Crippen LogP contribution is 2.26. The Kier molecular flexibility index (Phi) is 6.36. The van der Waals surface area contributed by atoms with E-state index in [0.717, 1.165) is 27.8 Å². The number of nitrogens with two attached hydrogens (primary N) is 1. The van der Waals surface area contributed by atoms with Crippen molar-refractivity contribution in [1.82, 2.24) is 14.5 Å². The molecule has 7 nitrogen and oxygen atoms in total. The summed E-state index contributed by atoms with van der Waals surface area (Å²) in [4.78, 5) is 9.43. The van der Waals surface area contributed by atoms with Crippen LogP contribution in [0.25, 0.3) is 28.0 Å². The van der Waals surface area contributed by atoms with Gasteiger partial charge in [0.2, 0.25) is 10.0 Å². The molecule has 0 aliphatic carbocycles. The fraction of sp³-hybridized carbons (Fsp3) is 0.0769. The molecule has 5 aromatic rings. The zero-order valence-electron chi connectivity index (χ0n) is 18.5. The maximum Gasteiger partial charge on any atom is 0.238 e. The van der Waals surface area contributed by atoms with Gasteiger partial charge in [-0.15, -0.1) is 0 Å². The number of halogens is 1. The number of hydrogen-bond donors (Lipinski definition) is 1. The summed E-state index contributed by atoms with van der Waals surface area (Å²) >= 11 is 6.06. The van der Waals surface area contributed by atoms with Gasteiger partial charge in [0.15, 0.2) is 0 Å². The number of ether oxygens (including phenoxy) is 1. The van der Waals surface area contributed by atoms with Gasteiger partial charge in [0, 0.05) is 27.9 Å². The minimum absolute atomic E-state index is 0.0392. The van der Waals surface area contributed by atoms with Crippen molar-refractivity contribution < 1.29 is 13.2 Å². The molecular formula is C26H21ClN4O3S. The van der Waals surface area contributed by atoms with E-state index in [2.05, 4.69) is 4.98 Å². The van der Waals surface area contributed by atoms with E-state index in [1.165, 1.54) is 12.1 Å². The van der Waals surface area contributed by atoms with Crippen LogP contribution in [0.2, 0.25) is 5.02 Å². The maximum atomic E-state index is 11.6. The van der Waals surface area contributed by atoms with E-state index >= 15 is 0 Å². The molecule has 35 heavy (non-hydrogen) atoms. The Morgan fingerprint density at radius 2 is 1.54 bits per heavy atom. The topological polar surface area (TPSA) is 100 Å². The van der Waals surface area contributed by atoms with Crippen molar-refractivity contribution in [2.24, 2.45) is 5.14 Å². The van der Waals surface area contributed by atoms with Crippen LogP contribution in [0.5, 0.6) is 0 Å². The van der Waals surface area contributed by atoms with E-state index in [0.29, 0.717) is 23.1 Å². The highest BCUT2D eigenvalue weighted by molar-refractivity contribution is 7.89. The molecule has 2 heterocycles. The highest BCUT2D eigenvalue weighted by atomic mass is 35.5. The lowest BCUT2D eigenvalue weighted by Crippen LogP contribution is -2.11. The molecule has 0 aliphatic rings. The molecule has 3 aromatic carbocycles. The molecule has 0 spiro atoms. The molecule has 2 aromatic heterocycles. The van der Waals surface area contributed by atoms with Gasteiger partial charge < -0.3 is 4.74 Å². The highest BCUT2D eigenvalue weighted by Gasteiger charge is 2.14. The molecule has 9 heteroatoms. The fourth-order valence-electron chi connectivity index (χ4n) is 3.74. The molecule has 0 saturated heterocycles. The second-order valence-electron chi connectivity index (χ2n) is 7.96. The van der Waals surface area contributed by atoms with Crippen molar-refractivity contribution >= 4 is 32.5 Å². The van der Waals surface area contributed by atoms with Gasteiger partial charge in [-0.25, -0.2) is 18.5 Å². The van der Waals surface area contributed by atoms with E-state index in [-0.39, 0.29) is 11.5 Å². The summed E-state index contributed by atoms with van der Waals surface area (Å²) in [7, 11) is -3.78. The summed E-state index contributed by atoms with van der Waals surface area (Å²) in [5.74, 6) is 0.635. The zero-order chi connectivity index (χ0) is 24.4. The second kappa shape index (κ2) is 9.59. The summed E-state index contributed by atoms with van der Waals surface area (Å²) in [5, 5.41) is 6.94. The first-order valence-corrected chi connectivity index (χ1v) is 12.7. The summed E-state index contributed by atoms with van der Waals surface area (Å²) in [5.41, 5.74) is 4.06. The number of hydrogen-bond acceptors (Lipinski definition) is 5. The lowest BCUT2D eigenvalue weighted by Gasteiger charge is -2.08. The zero-order valence-corrected chi connectivity index (χ0v) is 20.1. The van der Waals surface area contributed by atoms with Crippen LogP contribution in [0.4, 0.5) is 0 Å². The van der Waals surface area contributed by atoms with Crippen LogP contribution < -0.4 is 5.14 Å². The van der Waals surface area contributed by atoms with E-state index < -0.39 is 10.0 Å². The van der Waals surface area contributed by atoms with Crippen LogP contribution in [0.15, 0.2) is 96.0 Å². The normalized spacial score (nSPS) is 11.7. The Bertz CT molecular complexity index is 1600. The van der Waals surface area contributed by atoms with Crippen molar-refractivity contribution in [2.45, 2.75) is 18.1 Å². The predicted octanol–water partition coefficient (Wildman–Crippen LogP) is 5.11. The quantitative estimate of drug-likeness (QED) is 0.332. The number of primary sulfonamides is 1. The first-order chi connectivity index (χ1) is 16.9. The third kappa shape index (κ3) is 5.26. The van der Waals surface area contributed by atoms with E-state index in [4.69, 9.17) is 26.5 Å². The van der Waals surface area contributed by atoms with E-state index in [9.17, 15) is 8.42 Å². The third-order valence-corrected chi connectivity index (χ3v) is 6.64. The van der Waals surface area contributed by atoms with Gasteiger partial charge in [0.05, 0.1) is 35.0 Å². The number of pyridine rings is 1. The van der Waals surface area contributed by atoms with Crippen LogP contribution in [-0.2, 0) is 28.0 Å². The fourth-order valence-corrected chi connectivity index (χ4v) is 4.38. The number of benzene rings is 3. The van der Waals surface area contributed by atoms with Crippen molar-refractivity contribution in [3.05, 3.63) is 108 Å². The largest absolute Gasteiger partial charge is 0.369 e. The van der Waals surface area contributed by atoms with Gasteiger partial charge in [-0.3, -0.25) is 9.55 Å². The molecule has 0 amide bonds. The van der Waals surface area contributed by atoms with E-state index in [1.807, 2.05) is 59.3 Å². The monoisotopic (exact) mass is 504 g/mol. The average molecular weight is 505 g/mol. The van der Waals surface area contributed by atoms with Gasteiger partial charge in [-0.05, 0) is 60.7 Å². The molecule has 0 fully saturated rings. The number of para-hydroxylation sites is 1. The molecule has 0 bridgehead atoms. The van der Waals surface area contributed by atoms with Crippen molar-refractivity contribution in [3.63, 3.8) is 0 Å². The Morgan fingerprint density at radius 3 is 2.29 bits per heavy atom. The number of rotatable bonds is 7. The molecular weight excluding hydrogens is 484 g/mol. The van der Waals surface area contributed by atoms with Gasteiger partial charge in [0.1, 0.15) is 5.82 Å². The number of fused-ring (bicyclic) bond motifs is 1. The number of sulfonamides is 1. The molecule has 176 valence electrons. The Labute approximate surface area is 207 Å². The minimum Gasteiger partial charge on any atom is -0.369 e. The summed E-state index contributed by atoms with van der Waals surface area (Å²) in [6.07, 6.45) is 1.89. The molecule has 2 N–H and O–H groups in total. The molecule has 0 aliphatic heterocycles. The van der Waals surface area contributed by atoms with Gasteiger partial charge in [-0.2, -0.15) is 0 Å². The molecule has 0 unspecified atom stereocenters. The van der Waals surface area contributed by atoms with Crippen LogP contribution in [0, 0.1) is 0 Å². The standard InChI is InChI=1S/C26H21ClN4O3S/c27-20-8-11-23(12-9-20)31-15-22(30-26(31)19-6-13-24(14-7-19)35(28,32)33)17-34-16-21-10-5-18-3-1-2-4-25(18)29-21/h1-15H,16-17H2,(H2,28,32,33). The lowest BCUT2D eigenvalue weighted by atomic mass is 10.2. The van der Waals surface area contributed by atoms with Crippen molar-refractivity contribution in [2.75, 3.05) is 0 Å². The summed E-state index contributed by atoms with van der Waals surface area (Å²) in [6, 6.07) is 25.6.